The standard InChI is InChI=1S/C13H12F3N3/c1-17-5-9-4-10(7-19-6-9)11-8-18-3-2-12(11)13(14,15)16/h2-4,6-8,17H,5H2,1H3. The summed E-state index contributed by atoms with van der Waals surface area (Å²) in [5.41, 5.74) is 0.566. The van der Waals surface area contributed by atoms with Crippen molar-refractivity contribution in [1.82, 2.24) is 15.3 Å². The number of hydrogen-bond donors (Lipinski definition) is 1. The molecule has 1 N–H and O–H groups in total. The lowest BCUT2D eigenvalue weighted by Gasteiger charge is -2.12. The van der Waals surface area contributed by atoms with Crippen LogP contribution in [0, 0.1) is 0 Å². The van der Waals surface area contributed by atoms with E-state index in [0.29, 0.717) is 12.1 Å². The Labute approximate surface area is 108 Å². The van der Waals surface area contributed by atoms with Crippen LogP contribution in [0.3, 0.4) is 0 Å². The van der Waals surface area contributed by atoms with Crippen LogP contribution in [0.4, 0.5) is 13.2 Å². The molecule has 2 rings (SSSR count). The fourth-order valence-electron chi connectivity index (χ4n) is 1.81. The lowest BCUT2D eigenvalue weighted by Crippen LogP contribution is -2.08. The summed E-state index contributed by atoms with van der Waals surface area (Å²) in [6.45, 7) is 0.544. The predicted molar refractivity (Wildman–Crippen MR) is 65.2 cm³/mol. The number of pyridine rings is 2. The molecule has 0 spiro atoms. The summed E-state index contributed by atoms with van der Waals surface area (Å²) in [5, 5.41) is 2.93. The van der Waals surface area contributed by atoms with Crippen LogP contribution in [0.15, 0.2) is 36.9 Å². The number of nitrogens with zero attached hydrogens (tertiary/aromatic N) is 2. The molecular formula is C13H12F3N3. The quantitative estimate of drug-likeness (QED) is 0.929. The van der Waals surface area contributed by atoms with Gasteiger partial charge in [0.15, 0.2) is 0 Å². The van der Waals surface area contributed by atoms with Crippen molar-refractivity contribution in [2.45, 2.75) is 12.7 Å². The van der Waals surface area contributed by atoms with Gasteiger partial charge in [0.1, 0.15) is 0 Å². The normalized spacial score (nSPS) is 11.6. The van der Waals surface area contributed by atoms with Gasteiger partial charge in [-0.25, -0.2) is 0 Å². The van der Waals surface area contributed by atoms with Crippen molar-refractivity contribution in [2.24, 2.45) is 0 Å². The first-order valence-corrected chi connectivity index (χ1v) is 5.62. The molecule has 0 unspecified atom stereocenters. The highest BCUT2D eigenvalue weighted by Gasteiger charge is 2.33. The molecule has 2 aromatic heterocycles. The van der Waals surface area contributed by atoms with E-state index >= 15 is 0 Å². The molecule has 0 saturated carbocycles. The molecule has 0 bridgehead atoms. The molecule has 3 nitrogen and oxygen atoms in total. The van der Waals surface area contributed by atoms with Gasteiger partial charge >= 0.3 is 6.18 Å². The fraction of sp³-hybridized carbons (Fsp3) is 0.231. The van der Waals surface area contributed by atoms with Crippen LogP contribution >= 0.6 is 0 Å². The Kier molecular flexibility index (Phi) is 3.80. The maximum absolute atomic E-state index is 12.9. The van der Waals surface area contributed by atoms with Crippen molar-refractivity contribution < 1.29 is 13.2 Å². The van der Waals surface area contributed by atoms with Gasteiger partial charge < -0.3 is 5.32 Å². The molecule has 0 amide bonds. The molecule has 0 aliphatic carbocycles. The van der Waals surface area contributed by atoms with Crippen molar-refractivity contribution in [3.05, 3.63) is 48.0 Å². The SMILES string of the molecule is CNCc1cncc(-c2cnccc2C(F)(F)F)c1. The molecule has 2 heterocycles. The third-order valence-corrected chi connectivity index (χ3v) is 2.61. The third-order valence-electron chi connectivity index (χ3n) is 2.61. The van der Waals surface area contributed by atoms with Crippen molar-refractivity contribution in [3.8, 4) is 11.1 Å². The lowest BCUT2D eigenvalue weighted by molar-refractivity contribution is -0.137. The first-order chi connectivity index (χ1) is 9.02. The summed E-state index contributed by atoms with van der Waals surface area (Å²) in [7, 11) is 1.76. The van der Waals surface area contributed by atoms with Crippen molar-refractivity contribution in [1.29, 1.82) is 0 Å². The number of halogens is 3. The van der Waals surface area contributed by atoms with E-state index in [1.54, 1.807) is 19.3 Å². The smallest absolute Gasteiger partial charge is 0.316 e. The largest absolute Gasteiger partial charge is 0.417 e. The van der Waals surface area contributed by atoms with Crippen LogP contribution in [0.5, 0.6) is 0 Å². The summed E-state index contributed by atoms with van der Waals surface area (Å²) in [6, 6.07) is 2.65. The van der Waals surface area contributed by atoms with Gasteiger partial charge in [0.25, 0.3) is 0 Å². The summed E-state index contributed by atoms with van der Waals surface area (Å²) < 4.78 is 38.8. The Morgan fingerprint density at radius 1 is 1.16 bits per heavy atom. The molecule has 2 aromatic rings. The Balaban J connectivity index is 2.50. The van der Waals surface area contributed by atoms with Gasteiger partial charge in [-0.15, -0.1) is 0 Å². The second kappa shape index (κ2) is 5.36. The predicted octanol–water partition coefficient (Wildman–Crippen LogP) is 2.88. The molecule has 0 radical (unpaired) electrons. The van der Waals surface area contributed by atoms with Crippen LogP contribution in [0.1, 0.15) is 11.1 Å². The minimum Gasteiger partial charge on any atom is -0.316 e. The molecular weight excluding hydrogens is 255 g/mol. The molecule has 0 saturated heterocycles. The number of rotatable bonds is 3. The number of nitrogens with one attached hydrogen (secondary N) is 1. The zero-order valence-corrected chi connectivity index (χ0v) is 10.2. The first-order valence-electron chi connectivity index (χ1n) is 5.62. The molecule has 0 aliphatic rings. The van der Waals surface area contributed by atoms with Gasteiger partial charge in [-0.3, -0.25) is 9.97 Å². The highest BCUT2D eigenvalue weighted by molar-refractivity contribution is 5.66. The van der Waals surface area contributed by atoms with Crippen LogP contribution in [0.25, 0.3) is 11.1 Å². The van der Waals surface area contributed by atoms with Gasteiger partial charge in [0, 0.05) is 42.5 Å². The highest BCUT2D eigenvalue weighted by Crippen LogP contribution is 2.36. The monoisotopic (exact) mass is 267 g/mol. The minimum atomic E-state index is -4.41. The van der Waals surface area contributed by atoms with Crippen LogP contribution in [-0.4, -0.2) is 17.0 Å². The highest BCUT2D eigenvalue weighted by atomic mass is 19.4. The number of alkyl halides is 3. The Hall–Kier alpha value is -1.95. The van der Waals surface area contributed by atoms with Crippen LogP contribution in [-0.2, 0) is 12.7 Å². The van der Waals surface area contributed by atoms with Gasteiger partial charge in [0.2, 0.25) is 0 Å². The summed E-state index contributed by atoms with van der Waals surface area (Å²) in [6.07, 6.45) is 0.965. The van der Waals surface area contributed by atoms with E-state index in [4.69, 9.17) is 0 Å². The topological polar surface area (TPSA) is 37.8 Å². The lowest BCUT2D eigenvalue weighted by atomic mass is 10.0. The van der Waals surface area contributed by atoms with Gasteiger partial charge in [-0.1, -0.05) is 0 Å². The molecule has 6 heteroatoms. The first kappa shape index (κ1) is 13.5. The molecule has 0 aromatic carbocycles. The van der Waals surface area contributed by atoms with E-state index in [1.807, 2.05) is 0 Å². The maximum Gasteiger partial charge on any atom is 0.417 e. The van der Waals surface area contributed by atoms with E-state index < -0.39 is 11.7 Å². The number of aromatic nitrogens is 2. The Morgan fingerprint density at radius 2 is 1.95 bits per heavy atom. The van der Waals surface area contributed by atoms with Gasteiger partial charge in [-0.05, 0) is 24.7 Å². The molecule has 0 fully saturated rings. The number of hydrogen-bond acceptors (Lipinski definition) is 3. The van der Waals surface area contributed by atoms with Crippen molar-refractivity contribution in [2.75, 3.05) is 7.05 Å². The van der Waals surface area contributed by atoms with E-state index in [-0.39, 0.29) is 5.56 Å². The summed E-state index contributed by atoms with van der Waals surface area (Å²) in [5.74, 6) is 0. The minimum absolute atomic E-state index is 0.0421. The summed E-state index contributed by atoms with van der Waals surface area (Å²) >= 11 is 0. The summed E-state index contributed by atoms with van der Waals surface area (Å²) in [4.78, 5) is 7.74. The maximum atomic E-state index is 12.9. The van der Waals surface area contributed by atoms with E-state index in [1.165, 1.54) is 12.4 Å². The molecule has 19 heavy (non-hydrogen) atoms. The van der Waals surface area contributed by atoms with E-state index in [2.05, 4.69) is 15.3 Å². The van der Waals surface area contributed by atoms with E-state index in [0.717, 1.165) is 17.8 Å². The van der Waals surface area contributed by atoms with Gasteiger partial charge in [0.05, 0.1) is 5.56 Å². The zero-order valence-electron chi connectivity index (χ0n) is 10.2. The zero-order chi connectivity index (χ0) is 13.9. The Bertz CT molecular complexity index is 567. The van der Waals surface area contributed by atoms with Gasteiger partial charge in [-0.2, -0.15) is 13.2 Å². The molecule has 100 valence electrons. The van der Waals surface area contributed by atoms with Crippen molar-refractivity contribution in [3.63, 3.8) is 0 Å². The van der Waals surface area contributed by atoms with Crippen LogP contribution < -0.4 is 5.32 Å². The molecule has 0 aliphatic heterocycles. The van der Waals surface area contributed by atoms with Crippen molar-refractivity contribution >= 4 is 0 Å². The van der Waals surface area contributed by atoms with E-state index in [9.17, 15) is 13.2 Å². The second-order valence-electron chi connectivity index (χ2n) is 4.03. The third kappa shape index (κ3) is 3.08. The average molecular weight is 267 g/mol. The van der Waals surface area contributed by atoms with Crippen LogP contribution in [0.2, 0.25) is 0 Å². The fourth-order valence-corrected chi connectivity index (χ4v) is 1.81. The molecule has 0 atom stereocenters. The Morgan fingerprint density at radius 3 is 2.63 bits per heavy atom. The second-order valence-corrected chi connectivity index (χ2v) is 4.03. The average Bonchev–Trinajstić information content (AvgIpc) is 2.38.